The average molecular weight is 188 g/mol. The molecular formula is C12H16N2. The molecule has 1 unspecified atom stereocenters. The quantitative estimate of drug-likeness (QED) is 0.573. The third kappa shape index (κ3) is 2.13. The normalized spacial score (nSPS) is 19.4. The monoisotopic (exact) mass is 188 g/mol. The number of aliphatic imine (C=N–C) groups is 1. The SMILES string of the molecule is CC(N=C(N)c1ccccc1)C1CC1. The van der Waals surface area contributed by atoms with E-state index >= 15 is 0 Å². The summed E-state index contributed by atoms with van der Waals surface area (Å²) in [5, 5.41) is 0. The van der Waals surface area contributed by atoms with E-state index in [1.165, 1.54) is 12.8 Å². The van der Waals surface area contributed by atoms with Gasteiger partial charge >= 0.3 is 0 Å². The van der Waals surface area contributed by atoms with Crippen molar-refractivity contribution in [3.8, 4) is 0 Å². The van der Waals surface area contributed by atoms with Crippen LogP contribution in [0.5, 0.6) is 0 Å². The summed E-state index contributed by atoms with van der Waals surface area (Å²) in [6, 6.07) is 10.3. The predicted octanol–water partition coefficient (Wildman–Crippen LogP) is 2.19. The Labute approximate surface area is 84.9 Å². The molecular weight excluding hydrogens is 172 g/mol. The van der Waals surface area contributed by atoms with Gasteiger partial charge in [0, 0.05) is 5.56 Å². The lowest BCUT2D eigenvalue weighted by molar-refractivity contribution is 0.652. The van der Waals surface area contributed by atoms with Gasteiger partial charge in [0.15, 0.2) is 0 Å². The lowest BCUT2D eigenvalue weighted by Crippen LogP contribution is -2.17. The van der Waals surface area contributed by atoms with Gasteiger partial charge < -0.3 is 5.73 Å². The summed E-state index contributed by atoms with van der Waals surface area (Å²) in [6.45, 7) is 2.15. The molecule has 1 aromatic rings. The summed E-state index contributed by atoms with van der Waals surface area (Å²) >= 11 is 0. The van der Waals surface area contributed by atoms with Crippen LogP contribution in [0.1, 0.15) is 25.3 Å². The van der Waals surface area contributed by atoms with E-state index in [-0.39, 0.29) is 0 Å². The zero-order valence-corrected chi connectivity index (χ0v) is 8.48. The number of hydrogen-bond acceptors (Lipinski definition) is 1. The molecule has 0 heterocycles. The van der Waals surface area contributed by atoms with E-state index in [2.05, 4.69) is 11.9 Å². The predicted molar refractivity (Wildman–Crippen MR) is 59.4 cm³/mol. The molecule has 1 saturated carbocycles. The molecule has 0 saturated heterocycles. The Balaban J connectivity index is 2.10. The van der Waals surface area contributed by atoms with Crippen LogP contribution in [0.4, 0.5) is 0 Å². The van der Waals surface area contributed by atoms with Crippen molar-refractivity contribution in [3.63, 3.8) is 0 Å². The van der Waals surface area contributed by atoms with Crippen molar-refractivity contribution in [3.05, 3.63) is 35.9 Å². The molecule has 1 fully saturated rings. The van der Waals surface area contributed by atoms with Crippen LogP contribution in [-0.2, 0) is 0 Å². The molecule has 1 atom stereocenters. The third-order valence-corrected chi connectivity index (χ3v) is 2.72. The summed E-state index contributed by atoms with van der Waals surface area (Å²) in [5.74, 6) is 1.45. The van der Waals surface area contributed by atoms with Crippen molar-refractivity contribution < 1.29 is 0 Å². The maximum absolute atomic E-state index is 5.91. The summed E-state index contributed by atoms with van der Waals surface area (Å²) < 4.78 is 0. The van der Waals surface area contributed by atoms with Crippen LogP contribution in [0.3, 0.4) is 0 Å². The van der Waals surface area contributed by atoms with Gasteiger partial charge in [-0.3, -0.25) is 4.99 Å². The van der Waals surface area contributed by atoms with Gasteiger partial charge in [0.1, 0.15) is 5.84 Å². The highest BCUT2D eigenvalue weighted by Gasteiger charge is 2.27. The molecule has 1 aromatic carbocycles. The minimum absolute atomic E-state index is 0.384. The van der Waals surface area contributed by atoms with Crippen molar-refractivity contribution >= 4 is 5.84 Å². The number of rotatable bonds is 3. The third-order valence-electron chi connectivity index (χ3n) is 2.72. The Hall–Kier alpha value is -1.31. The highest BCUT2D eigenvalue weighted by atomic mass is 14.9. The molecule has 0 bridgehead atoms. The van der Waals surface area contributed by atoms with Gasteiger partial charge in [-0.2, -0.15) is 0 Å². The lowest BCUT2D eigenvalue weighted by Gasteiger charge is -2.06. The van der Waals surface area contributed by atoms with E-state index in [1.54, 1.807) is 0 Å². The molecule has 0 spiro atoms. The van der Waals surface area contributed by atoms with Crippen LogP contribution in [0.15, 0.2) is 35.3 Å². The summed E-state index contributed by atoms with van der Waals surface area (Å²) in [7, 11) is 0. The largest absolute Gasteiger partial charge is 0.383 e. The van der Waals surface area contributed by atoms with Crippen molar-refractivity contribution in [1.29, 1.82) is 0 Å². The molecule has 2 rings (SSSR count). The zero-order chi connectivity index (χ0) is 9.97. The fraction of sp³-hybridized carbons (Fsp3) is 0.417. The Morgan fingerprint density at radius 3 is 2.57 bits per heavy atom. The van der Waals surface area contributed by atoms with Gasteiger partial charge in [-0.05, 0) is 25.7 Å². The van der Waals surface area contributed by atoms with E-state index in [0.29, 0.717) is 11.9 Å². The molecule has 0 aliphatic heterocycles. The smallest absolute Gasteiger partial charge is 0.125 e. The first-order valence-corrected chi connectivity index (χ1v) is 5.16. The molecule has 14 heavy (non-hydrogen) atoms. The highest BCUT2D eigenvalue weighted by molar-refractivity contribution is 5.97. The molecule has 74 valence electrons. The van der Waals surface area contributed by atoms with Crippen LogP contribution in [-0.4, -0.2) is 11.9 Å². The summed E-state index contributed by atoms with van der Waals surface area (Å²) in [5.41, 5.74) is 6.94. The van der Waals surface area contributed by atoms with Gasteiger partial charge in [-0.1, -0.05) is 30.3 Å². The number of nitrogens with two attached hydrogens (primary N) is 1. The van der Waals surface area contributed by atoms with E-state index in [1.807, 2.05) is 30.3 Å². The van der Waals surface area contributed by atoms with Gasteiger partial charge in [0.2, 0.25) is 0 Å². The van der Waals surface area contributed by atoms with E-state index in [0.717, 1.165) is 11.5 Å². The second-order valence-electron chi connectivity index (χ2n) is 3.96. The molecule has 0 aromatic heterocycles. The van der Waals surface area contributed by atoms with Crippen molar-refractivity contribution in [2.24, 2.45) is 16.6 Å². The van der Waals surface area contributed by atoms with Crippen molar-refractivity contribution in [2.45, 2.75) is 25.8 Å². The Morgan fingerprint density at radius 1 is 1.36 bits per heavy atom. The first kappa shape index (κ1) is 9.25. The zero-order valence-electron chi connectivity index (χ0n) is 8.48. The summed E-state index contributed by atoms with van der Waals surface area (Å²) in [4.78, 5) is 4.50. The van der Waals surface area contributed by atoms with Crippen LogP contribution < -0.4 is 5.73 Å². The second-order valence-corrected chi connectivity index (χ2v) is 3.96. The molecule has 2 nitrogen and oxygen atoms in total. The van der Waals surface area contributed by atoms with Crippen molar-refractivity contribution in [1.82, 2.24) is 0 Å². The molecule has 1 aliphatic rings. The molecule has 2 N–H and O–H groups in total. The molecule has 0 radical (unpaired) electrons. The fourth-order valence-corrected chi connectivity index (χ4v) is 1.59. The lowest BCUT2D eigenvalue weighted by atomic mass is 10.2. The fourth-order valence-electron chi connectivity index (χ4n) is 1.59. The molecule has 0 amide bonds. The minimum Gasteiger partial charge on any atom is -0.383 e. The number of benzene rings is 1. The molecule has 2 heteroatoms. The van der Waals surface area contributed by atoms with Crippen LogP contribution in [0.25, 0.3) is 0 Å². The van der Waals surface area contributed by atoms with E-state index < -0.39 is 0 Å². The Kier molecular flexibility index (Phi) is 2.53. The topological polar surface area (TPSA) is 38.4 Å². The standard InChI is InChI=1S/C12H16N2/c1-9(10-7-8-10)14-12(13)11-5-3-2-4-6-11/h2-6,9-10H,7-8H2,1H3,(H2,13,14). The van der Waals surface area contributed by atoms with Crippen LogP contribution in [0, 0.1) is 5.92 Å². The Morgan fingerprint density at radius 2 is 2.00 bits per heavy atom. The van der Waals surface area contributed by atoms with Gasteiger partial charge in [-0.25, -0.2) is 0 Å². The van der Waals surface area contributed by atoms with E-state index in [9.17, 15) is 0 Å². The second kappa shape index (κ2) is 3.82. The first-order valence-electron chi connectivity index (χ1n) is 5.16. The highest BCUT2D eigenvalue weighted by Crippen LogP contribution is 2.34. The van der Waals surface area contributed by atoms with Gasteiger partial charge in [0.25, 0.3) is 0 Å². The van der Waals surface area contributed by atoms with Crippen LogP contribution in [0.2, 0.25) is 0 Å². The number of amidine groups is 1. The first-order chi connectivity index (χ1) is 6.77. The minimum atomic E-state index is 0.384. The summed E-state index contributed by atoms with van der Waals surface area (Å²) in [6.07, 6.45) is 2.62. The average Bonchev–Trinajstić information content (AvgIpc) is 3.02. The maximum Gasteiger partial charge on any atom is 0.125 e. The number of hydrogen-bond donors (Lipinski definition) is 1. The molecule has 1 aliphatic carbocycles. The van der Waals surface area contributed by atoms with Gasteiger partial charge in [-0.15, -0.1) is 0 Å². The van der Waals surface area contributed by atoms with Gasteiger partial charge in [0.05, 0.1) is 6.04 Å². The maximum atomic E-state index is 5.91. The van der Waals surface area contributed by atoms with E-state index in [4.69, 9.17) is 5.73 Å². The van der Waals surface area contributed by atoms with Crippen LogP contribution >= 0.6 is 0 Å². The number of nitrogens with zero attached hydrogens (tertiary/aromatic N) is 1. The van der Waals surface area contributed by atoms with Crippen molar-refractivity contribution in [2.75, 3.05) is 0 Å². The Bertz CT molecular complexity index is 325.